The fraction of sp³-hybridized carbons (Fsp3) is 0.857. The zero-order valence-electron chi connectivity index (χ0n) is 16.3. The van der Waals surface area contributed by atoms with Crippen LogP contribution in [0, 0.1) is 0 Å². The summed E-state index contributed by atoms with van der Waals surface area (Å²) in [5, 5.41) is 9.34. The molecular weight excluding hydrogens is 296 g/mol. The molecule has 3 nitrogen and oxygen atoms in total. The number of aliphatic hydroxyl groups is 1. The Morgan fingerprint density at radius 1 is 0.958 bits per heavy atom. The fourth-order valence-electron chi connectivity index (χ4n) is 3.72. The van der Waals surface area contributed by atoms with Gasteiger partial charge in [0.05, 0.1) is 19.7 Å². The molecule has 0 aliphatic carbocycles. The van der Waals surface area contributed by atoms with Crippen LogP contribution >= 0.6 is 0 Å². The smallest absolute Gasteiger partial charge is 0.198 e. The number of rotatable bonds is 15. The molecule has 1 atom stereocenters. The molecule has 0 aromatic rings. The maximum atomic E-state index is 9.34. The van der Waals surface area contributed by atoms with Crippen molar-refractivity contribution >= 4 is 5.84 Å². The van der Waals surface area contributed by atoms with Crippen molar-refractivity contribution in [3.63, 3.8) is 0 Å². The van der Waals surface area contributed by atoms with Crippen molar-refractivity contribution in [1.29, 1.82) is 0 Å². The Bertz CT molecular complexity index is 365. The van der Waals surface area contributed by atoms with E-state index in [1.54, 1.807) is 0 Å². The lowest BCUT2D eigenvalue weighted by Gasteiger charge is -2.33. The highest BCUT2D eigenvalue weighted by atomic mass is 16.3. The van der Waals surface area contributed by atoms with Crippen LogP contribution in [0.5, 0.6) is 0 Å². The second-order valence-electron chi connectivity index (χ2n) is 7.20. The molecule has 1 N–H and O–H groups in total. The van der Waals surface area contributed by atoms with Gasteiger partial charge in [-0.05, 0) is 39.0 Å². The van der Waals surface area contributed by atoms with Gasteiger partial charge in [-0.1, -0.05) is 51.2 Å². The van der Waals surface area contributed by atoms with Crippen molar-refractivity contribution < 1.29 is 9.59 Å². The molecule has 0 saturated heterocycles. The number of hydrogen-bond donors (Lipinski definition) is 1. The van der Waals surface area contributed by atoms with E-state index in [9.17, 15) is 5.11 Å². The van der Waals surface area contributed by atoms with E-state index < -0.39 is 0 Å². The Kier molecular flexibility index (Phi) is 12.1. The number of likely N-dealkylation sites (N-methyl/N-ethyl adjacent to an activating group) is 1. The summed E-state index contributed by atoms with van der Waals surface area (Å²) >= 11 is 0. The van der Waals surface area contributed by atoms with Crippen molar-refractivity contribution in [3.05, 3.63) is 12.2 Å². The van der Waals surface area contributed by atoms with Crippen LogP contribution in [0.3, 0.4) is 0 Å². The second-order valence-corrected chi connectivity index (χ2v) is 7.20. The number of quaternary nitrogens is 1. The maximum absolute atomic E-state index is 9.34. The van der Waals surface area contributed by atoms with Gasteiger partial charge in [0.25, 0.3) is 0 Å². The molecule has 0 saturated carbocycles. The van der Waals surface area contributed by atoms with Crippen molar-refractivity contribution in [2.24, 2.45) is 4.99 Å². The predicted molar refractivity (Wildman–Crippen MR) is 106 cm³/mol. The third kappa shape index (κ3) is 7.94. The maximum Gasteiger partial charge on any atom is 0.198 e. The summed E-state index contributed by atoms with van der Waals surface area (Å²) in [7, 11) is 0. The van der Waals surface area contributed by atoms with Crippen molar-refractivity contribution in [2.45, 2.75) is 84.5 Å². The molecule has 1 aliphatic rings. The van der Waals surface area contributed by atoms with Crippen LogP contribution in [-0.2, 0) is 0 Å². The predicted octanol–water partition coefficient (Wildman–Crippen LogP) is 5.09. The van der Waals surface area contributed by atoms with Crippen LogP contribution in [0.15, 0.2) is 17.1 Å². The number of hydrogen-bond acceptors (Lipinski definition) is 2. The first-order valence-corrected chi connectivity index (χ1v) is 10.4. The Morgan fingerprint density at radius 3 is 2.25 bits per heavy atom. The lowest BCUT2D eigenvalue weighted by atomic mass is 10.1. The highest BCUT2D eigenvalue weighted by Gasteiger charge is 2.35. The summed E-state index contributed by atoms with van der Waals surface area (Å²) in [5.74, 6) is 1.35. The monoisotopic (exact) mass is 337 g/mol. The van der Waals surface area contributed by atoms with Gasteiger partial charge in [-0.15, -0.1) is 0 Å². The van der Waals surface area contributed by atoms with E-state index in [1.165, 1.54) is 70.0 Å². The number of nitrogens with zero attached hydrogens (tertiary/aromatic N) is 2. The van der Waals surface area contributed by atoms with E-state index in [0.29, 0.717) is 0 Å². The number of aliphatic hydroxyl groups excluding tert-OH is 1. The number of aliphatic imine (C=N–C) groups is 1. The van der Waals surface area contributed by atoms with Crippen LogP contribution in [0.2, 0.25) is 0 Å². The summed E-state index contributed by atoms with van der Waals surface area (Å²) in [5.41, 5.74) is 0. The summed E-state index contributed by atoms with van der Waals surface area (Å²) in [6.07, 6.45) is 19.1. The average Bonchev–Trinajstić information content (AvgIpc) is 2.99. The first-order chi connectivity index (χ1) is 11.8. The van der Waals surface area contributed by atoms with E-state index >= 15 is 0 Å². The molecule has 0 aromatic heterocycles. The van der Waals surface area contributed by atoms with Crippen LogP contribution in [-0.4, -0.2) is 48.2 Å². The van der Waals surface area contributed by atoms with Gasteiger partial charge in [-0.3, -0.25) is 4.48 Å². The Balaban J connectivity index is 2.03. The molecule has 24 heavy (non-hydrogen) atoms. The SMILES string of the molecule is CCCCCC/C=C/CCCCCCC1=NCC[N+]1(CC)CCO. The minimum Gasteiger partial charge on any atom is -0.390 e. The zero-order chi connectivity index (χ0) is 17.5. The zero-order valence-corrected chi connectivity index (χ0v) is 16.3. The van der Waals surface area contributed by atoms with Gasteiger partial charge < -0.3 is 5.11 Å². The number of unbranched alkanes of at least 4 members (excludes halogenated alkanes) is 8. The quantitative estimate of drug-likeness (QED) is 0.252. The first kappa shape index (κ1) is 21.4. The summed E-state index contributed by atoms with van der Waals surface area (Å²) in [4.78, 5) is 4.73. The van der Waals surface area contributed by atoms with E-state index in [4.69, 9.17) is 4.99 Å². The fourth-order valence-corrected chi connectivity index (χ4v) is 3.72. The third-order valence-electron chi connectivity index (χ3n) is 5.42. The van der Waals surface area contributed by atoms with Gasteiger partial charge in [0.1, 0.15) is 13.1 Å². The molecule has 1 rings (SSSR count). The van der Waals surface area contributed by atoms with Crippen molar-refractivity contribution in [3.8, 4) is 0 Å². The third-order valence-corrected chi connectivity index (χ3v) is 5.42. The lowest BCUT2D eigenvalue weighted by molar-refractivity contribution is -0.835. The van der Waals surface area contributed by atoms with Crippen molar-refractivity contribution in [2.75, 3.05) is 32.8 Å². The van der Waals surface area contributed by atoms with Crippen LogP contribution < -0.4 is 0 Å². The number of allylic oxidation sites excluding steroid dienone is 2. The molecule has 0 aromatic carbocycles. The van der Waals surface area contributed by atoms with Gasteiger partial charge in [0.15, 0.2) is 5.84 Å². The molecule has 0 radical (unpaired) electrons. The van der Waals surface area contributed by atoms with Gasteiger partial charge >= 0.3 is 0 Å². The summed E-state index contributed by atoms with van der Waals surface area (Å²) in [6, 6.07) is 0. The minimum atomic E-state index is 0.275. The Hall–Kier alpha value is -0.670. The molecule has 0 bridgehead atoms. The molecule has 1 heterocycles. The van der Waals surface area contributed by atoms with Crippen LogP contribution in [0.4, 0.5) is 0 Å². The van der Waals surface area contributed by atoms with Crippen molar-refractivity contribution in [1.82, 2.24) is 0 Å². The van der Waals surface area contributed by atoms with Crippen LogP contribution in [0.1, 0.15) is 84.5 Å². The Morgan fingerprint density at radius 2 is 1.62 bits per heavy atom. The minimum absolute atomic E-state index is 0.275. The molecule has 1 unspecified atom stereocenters. The van der Waals surface area contributed by atoms with Gasteiger partial charge in [0, 0.05) is 6.42 Å². The summed E-state index contributed by atoms with van der Waals surface area (Å²) in [6.45, 7) is 8.73. The lowest BCUT2D eigenvalue weighted by Crippen LogP contribution is -2.52. The topological polar surface area (TPSA) is 32.6 Å². The number of amidine groups is 1. The van der Waals surface area contributed by atoms with E-state index in [2.05, 4.69) is 26.0 Å². The largest absolute Gasteiger partial charge is 0.390 e. The molecule has 0 spiro atoms. The first-order valence-electron chi connectivity index (χ1n) is 10.4. The van der Waals surface area contributed by atoms with Gasteiger partial charge in [-0.25, -0.2) is 4.99 Å². The van der Waals surface area contributed by atoms with Gasteiger partial charge in [-0.2, -0.15) is 0 Å². The van der Waals surface area contributed by atoms with E-state index in [1.807, 2.05) is 0 Å². The van der Waals surface area contributed by atoms with Gasteiger partial charge in [0.2, 0.25) is 0 Å². The highest BCUT2D eigenvalue weighted by molar-refractivity contribution is 5.76. The second kappa shape index (κ2) is 13.6. The highest BCUT2D eigenvalue weighted by Crippen LogP contribution is 2.19. The molecule has 3 heteroatoms. The summed E-state index contributed by atoms with van der Waals surface area (Å²) < 4.78 is 0.942. The molecular formula is C21H41N2O+. The normalized spacial score (nSPS) is 20.9. The van der Waals surface area contributed by atoms with Crippen LogP contribution in [0.25, 0.3) is 0 Å². The van der Waals surface area contributed by atoms with E-state index in [-0.39, 0.29) is 6.61 Å². The molecule has 140 valence electrons. The Labute approximate surface area is 150 Å². The average molecular weight is 338 g/mol. The standard InChI is InChI=1S/C21H41N2O/c1-3-5-6-7-8-9-10-11-12-13-14-15-16-21-22-17-18-23(21,4-2)19-20-24/h9-10,24H,3-8,11-20H2,1-2H3/q+1/b10-9+. The molecule has 1 aliphatic heterocycles. The van der Waals surface area contributed by atoms with E-state index in [0.717, 1.165) is 37.1 Å². The molecule has 0 fully saturated rings. The molecule has 0 amide bonds.